The summed E-state index contributed by atoms with van der Waals surface area (Å²) in [5, 5.41) is 5.57. The van der Waals surface area contributed by atoms with Crippen LogP contribution in [0.25, 0.3) is 11.0 Å². The minimum Gasteiger partial charge on any atom is -0.352 e. The van der Waals surface area contributed by atoms with Crippen molar-refractivity contribution in [2.45, 2.75) is 72.8 Å². The molecule has 0 radical (unpaired) electrons. The van der Waals surface area contributed by atoms with Crippen molar-refractivity contribution in [1.29, 1.82) is 0 Å². The van der Waals surface area contributed by atoms with Crippen LogP contribution in [0.15, 0.2) is 30.7 Å². The van der Waals surface area contributed by atoms with Crippen molar-refractivity contribution in [3.8, 4) is 0 Å². The van der Waals surface area contributed by atoms with E-state index in [0.29, 0.717) is 25.6 Å². The lowest BCUT2D eigenvalue weighted by molar-refractivity contribution is -0.141. The molecule has 2 fully saturated rings. The van der Waals surface area contributed by atoms with Crippen molar-refractivity contribution < 1.29 is 9.59 Å². The third-order valence-corrected chi connectivity index (χ3v) is 9.41. The van der Waals surface area contributed by atoms with E-state index >= 15 is 0 Å². The number of likely N-dealkylation sites (N-methyl/N-ethyl adjacent to an activating group) is 1. The van der Waals surface area contributed by atoms with E-state index in [-0.39, 0.29) is 17.7 Å². The summed E-state index contributed by atoms with van der Waals surface area (Å²) in [5.41, 5.74) is 2.48. The summed E-state index contributed by atoms with van der Waals surface area (Å²) in [7, 11) is 4.09. The molecule has 1 saturated heterocycles. The van der Waals surface area contributed by atoms with E-state index in [0.717, 1.165) is 99.5 Å². The largest absolute Gasteiger partial charge is 0.352 e. The first-order valence-corrected chi connectivity index (χ1v) is 17.1. The summed E-state index contributed by atoms with van der Waals surface area (Å²) in [6, 6.07) is 6.17. The number of piperazine rings is 1. The Morgan fingerprint density at radius 1 is 0.957 bits per heavy atom. The van der Waals surface area contributed by atoms with Crippen LogP contribution in [0.3, 0.4) is 0 Å². The van der Waals surface area contributed by atoms with E-state index in [2.05, 4.69) is 48.8 Å². The topological polar surface area (TPSA) is 104 Å². The summed E-state index contributed by atoms with van der Waals surface area (Å²) >= 11 is 0. The predicted molar refractivity (Wildman–Crippen MR) is 181 cm³/mol. The third-order valence-electron chi connectivity index (χ3n) is 9.41. The zero-order valence-electron chi connectivity index (χ0n) is 28.8. The first kappa shape index (κ1) is 33.8. The highest BCUT2D eigenvalue weighted by Crippen LogP contribution is 2.32. The first-order chi connectivity index (χ1) is 22.0. The van der Waals surface area contributed by atoms with Crippen LogP contribution in [0.4, 0.5) is 5.82 Å². The fourth-order valence-corrected chi connectivity index (χ4v) is 6.79. The van der Waals surface area contributed by atoms with Gasteiger partial charge in [-0.1, -0.05) is 40.2 Å². The van der Waals surface area contributed by atoms with Crippen LogP contribution >= 0.6 is 0 Å². The fraction of sp³-hybridized carbons (Fsp3) is 0.657. The molecule has 0 spiro atoms. The number of nitrogens with zero attached hydrogens (tertiary/aromatic N) is 9. The summed E-state index contributed by atoms with van der Waals surface area (Å²) < 4.78 is 1.90. The van der Waals surface area contributed by atoms with Gasteiger partial charge in [0.1, 0.15) is 12.1 Å². The second-order valence-electron chi connectivity index (χ2n) is 14.4. The van der Waals surface area contributed by atoms with Gasteiger partial charge in [0.15, 0.2) is 5.65 Å². The minimum absolute atomic E-state index is 0.0739. The average Bonchev–Trinajstić information content (AvgIpc) is 3.45. The molecule has 2 amide bonds. The van der Waals surface area contributed by atoms with Gasteiger partial charge >= 0.3 is 0 Å². The van der Waals surface area contributed by atoms with Gasteiger partial charge in [-0.2, -0.15) is 5.10 Å². The van der Waals surface area contributed by atoms with Crippen LogP contribution in [0, 0.1) is 17.3 Å². The Bertz CT molecular complexity index is 1460. The molecule has 0 atom stereocenters. The van der Waals surface area contributed by atoms with Crippen molar-refractivity contribution in [1.82, 2.24) is 39.4 Å². The Hall–Kier alpha value is -3.60. The Kier molecular flexibility index (Phi) is 10.9. The number of fused-ring (bicyclic) bond motifs is 1. The molecule has 0 unspecified atom stereocenters. The van der Waals surface area contributed by atoms with E-state index in [1.165, 1.54) is 0 Å². The Labute approximate surface area is 274 Å². The molecule has 250 valence electrons. The number of anilines is 1. The van der Waals surface area contributed by atoms with Crippen LogP contribution in [-0.4, -0.2) is 111 Å². The summed E-state index contributed by atoms with van der Waals surface area (Å²) in [6.07, 6.45) is 9.28. The molecular weight excluding hydrogens is 578 g/mol. The smallest absolute Gasteiger partial charge is 0.227 e. The first-order valence-electron chi connectivity index (χ1n) is 17.1. The van der Waals surface area contributed by atoms with Gasteiger partial charge in [-0.05, 0) is 64.3 Å². The van der Waals surface area contributed by atoms with Crippen LogP contribution in [0.1, 0.15) is 71.2 Å². The van der Waals surface area contributed by atoms with Crippen LogP contribution in [0.2, 0.25) is 0 Å². The predicted octanol–water partition coefficient (Wildman–Crippen LogP) is 4.11. The van der Waals surface area contributed by atoms with Crippen LogP contribution < -0.4 is 4.90 Å². The highest BCUT2D eigenvalue weighted by molar-refractivity contribution is 5.87. The van der Waals surface area contributed by atoms with E-state index < -0.39 is 5.41 Å². The number of pyridine rings is 1. The second kappa shape index (κ2) is 14.9. The molecule has 3 aromatic rings. The Balaban J connectivity index is 1.14. The number of carbonyl (C=O) groups excluding carboxylic acids is 2. The molecule has 11 nitrogen and oxygen atoms in total. The molecular formula is C35H53N9O2. The highest BCUT2D eigenvalue weighted by atomic mass is 16.2. The van der Waals surface area contributed by atoms with Gasteiger partial charge in [-0.3, -0.25) is 14.6 Å². The van der Waals surface area contributed by atoms with E-state index in [1.54, 1.807) is 6.33 Å². The quantitative estimate of drug-likeness (QED) is 0.312. The van der Waals surface area contributed by atoms with E-state index in [9.17, 15) is 9.59 Å². The van der Waals surface area contributed by atoms with Crippen LogP contribution in [-0.2, 0) is 22.6 Å². The van der Waals surface area contributed by atoms with Crippen molar-refractivity contribution in [3.05, 3.63) is 42.1 Å². The number of aromatic nitrogens is 5. The maximum Gasteiger partial charge on any atom is 0.227 e. The molecule has 3 aromatic heterocycles. The Morgan fingerprint density at radius 3 is 2.35 bits per heavy atom. The van der Waals surface area contributed by atoms with Gasteiger partial charge in [0.2, 0.25) is 11.8 Å². The standard InChI is InChI=1S/C35H53N9O2/c1-7-9-28-10-8-11-29(39-28)24-44-32-30(22-38-44)31(36-25-37-32)41-18-20-42(21-19-41)33(45)27-14-12-26(13-15-27)23-43(17-16-40(5)6)34(46)35(2,3)4/h8,10-11,22,25-27H,7,9,12-21,23-24H2,1-6H3. The molecule has 0 bridgehead atoms. The molecule has 4 heterocycles. The van der Waals surface area contributed by atoms with E-state index in [1.807, 2.05) is 56.7 Å². The van der Waals surface area contributed by atoms with E-state index in [4.69, 9.17) is 4.98 Å². The van der Waals surface area contributed by atoms with Crippen molar-refractivity contribution in [2.24, 2.45) is 17.3 Å². The summed E-state index contributed by atoms with van der Waals surface area (Å²) in [5.74, 6) is 1.90. The zero-order valence-corrected chi connectivity index (χ0v) is 28.8. The normalized spacial score (nSPS) is 19.2. The lowest BCUT2D eigenvalue weighted by atomic mass is 9.80. The SMILES string of the molecule is CCCc1cccc(Cn2ncc3c(N4CCN(C(=O)C5CCC(CN(CCN(C)C)C(=O)C(C)(C)C)CC5)CC4)ncnc32)n1. The average molecular weight is 632 g/mol. The van der Waals surface area contributed by atoms with Crippen molar-refractivity contribution >= 4 is 28.7 Å². The van der Waals surface area contributed by atoms with Crippen molar-refractivity contribution in [2.75, 3.05) is 64.8 Å². The molecule has 46 heavy (non-hydrogen) atoms. The van der Waals surface area contributed by atoms with Gasteiger partial charge < -0.3 is 19.6 Å². The number of carbonyl (C=O) groups is 2. The number of aryl methyl sites for hydroxylation is 1. The zero-order chi connectivity index (χ0) is 32.8. The monoisotopic (exact) mass is 631 g/mol. The summed E-state index contributed by atoms with van der Waals surface area (Å²) in [4.78, 5) is 49.2. The molecule has 1 aliphatic heterocycles. The molecule has 0 aromatic carbocycles. The lowest BCUT2D eigenvalue weighted by Crippen LogP contribution is -2.51. The van der Waals surface area contributed by atoms with Crippen molar-refractivity contribution in [3.63, 3.8) is 0 Å². The molecule has 5 rings (SSSR count). The number of amides is 2. The molecule has 1 saturated carbocycles. The van der Waals surface area contributed by atoms with Gasteiger partial charge in [-0.15, -0.1) is 0 Å². The lowest BCUT2D eigenvalue weighted by Gasteiger charge is -2.39. The third kappa shape index (κ3) is 8.21. The van der Waals surface area contributed by atoms with Gasteiger partial charge in [0.05, 0.1) is 23.8 Å². The fourth-order valence-electron chi connectivity index (χ4n) is 6.79. The molecule has 0 N–H and O–H groups in total. The Morgan fingerprint density at radius 2 is 1.67 bits per heavy atom. The highest BCUT2D eigenvalue weighted by Gasteiger charge is 2.34. The number of hydrogen-bond donors (Lipinski definition) is 0. The van der Waals surface area contributed by atoms with Crippen LogP contribution in [0.5, 0.6) is 0 Å². The van der Waals surface area contributed by atoms with Gasteiger partial charge in [0, 0.05) is 62.8 Å². The number of rotatable bonds is 11. The van der Waals surface area contributed by atoms with Gasteiger partial charge in [0.25, 0.3) is 0 Å². The second-order valence-corrected chi connectivity index (χ2v) is 14.4. The number of hydrogen-bond acceptors (Lipinski definition) is 8. The maximum absolute atomic E-state index is 13.6. The summed E-state index contributed by atoms with van der Waals surface area (Å²) in [6.45, 7) is 13.9. The minimum atomic E-state index is -0.391. The molecule has 11 heteroatoms. The maximum atomic E-state index is 13.6. The molecule has 2 aliphatic rings. The molecule has 1 aliphatic carbocycles. The van der Waals surface area contributed by atoms with Gasteiger partial charge in [-0.25, -0.2) is 14.6 Å².